The van der Waals surface area contributed by atoms with Crippen molar-refractivity contribution >= 4 is 74.2 Å². The van der Waals surface area contributed by atoms with Gasteiger partial charge in [0.15, 0.2) is 4.80 Å². The number of carbonyl (C=O) groups is 1. The van der Waals surface area contributed by atoms with Crippen LogP contribution in [0.2, 0.25) is 0 Å². The minimum atomic E-state index is -0.678. The van der Waals surface area contributed by atoms with E-state index in [1.165, 1.54) is 11.3 Å². The number of para-hydroxylation sites is 1. The molecule has 3 aromatic carbocycles. The van der Waals surface area contributed by atoms with Gasteiger partial charge in [0.25, 0.3) is 11.5 Å². The maximum Gasteiger partial charge on any atom is 0.271 e. The van der Waals surface area contributed by atoms with Crippen molar-refractivity contribution in [3.8, 4) is 11.5 Å². The van der Waals surface area contributed by atoms with Crippen LogP contribution in [0.4, 0.5) is 5.69 Å². The molecule has 2 N–H and O–H groups in total. The summed E-state index contributed by atoms with van der Waals surface area (Å²) in [5, 5.41) is 13.1. The molecule has 0 saturated carbocycles. The zero-order valence-corrected chi connectivity index (χ0v) is 25.4. The van der Waals surface area contributed by atoms with E-state index in [2.05, 4.69) is 55.5 Å². The van der Waals surface area contributed by atoms with Crippen LogP contribution in [0.15, 0.2) is 87.8 Å². The van der Waals surface area contributed by atoms with Gasteiger partial charge < -0.3 is 15.2 Å². The third-order valence-electron chi connectivity index (χ3n) is 6.07. The second-order valence-corrected chi connectivity index (χ2v) is 11.8. The van der Waals surface area contributed by atoms with E-state index in [4.69, 9.17) is 4.74 Å². The van der Waals surface area contributed by atoms with E-state index in [1.54, 1.807) is 24.7 Å². The molecule has 0 fully saturated rings. The number of nitrogens with zero attached hydrogens (tertiary/aromatic N) is 2. The Labute approximate surface area is 249 Å². The third kappa shape index (κ3) is 5.16. The van der Waals surface area contributed by atoms with E-state index in [9.17, 15) is 14.7 Å². The summed E-state index contributed by atoms with van der Waals surface area (Å²) >= 11 is 5.40. The van der Waals surface area contributed by atoms with Gasteiger partial charge in [0, 0.05) is 5.69 Å². The molecule has 1 aliphatic heterocycles. The molecule has 0 radical (unpaired) electrons. The van der Waals surface area contributed by atoms with Crippen LogP contribution >= 0.6 is 56.5 Å². The van der Waals surface area contributed by atoms with Gasteiger partial charge in [-0.25, -0.2) is 4.99 Å². The van der Waals surface area contributed by atoms with E-state index >= 15 is 0 Å². The lowest BCUT2D eigenvalue weighted by Crippen LogP contribution is -2.40. The van der Waals surface area contributed by atoms with Crippen molar-refractivity contribution < 1.29 is 14.6 Å². The number of phenols is 1. The number of fused-ring (bicyclic) bond motifs is 1. The normalized spacial score (nSPS) is 15.2. The van der Waals surface area contributed by atoms with E-state index < -0.39 is 6.04 Å². The number of phenolic OH excluding ortho intramolecular Hbond substituents is 1. The summed E-state index contributed by atoms with van der Waals surface area (Å²) < 4.78 is 8.78. The lowest BCUT2D eigenvalue weighted by atomic mass is 9.95. The van der Waals surface area contributed by atoms with E-state index in [0.29, 0.717) is 39.2 Å². The van der Waals surface area contributed by atoms with Crippen LogP contribution in [0.1, 0.15) is 24.1 Å². The first-order valence-corrected chi connectivity index (χ1v) is 14.4. The van der Waals surface area contributed by atoms with Gasteiger partial charge in [-0.2, -0.15) is 0 Å². The van der Waals surface area contributed by atoms with Crippen molar-refractivity contribution in [1.29, 1.82) is 0 Å². The molecule has 10 heteroatoms. The molecule has 38 heavy (non-hydrogen) atoms. The number of hydrogen-bond acceptors (Lipinski definition) is 6. The molecule has 4 aromatic rings. The molecule has 5 rings (SSSR count). The number of aromatic nitrogens is 1. The smallest absolute Gasteiger partial charge is 0.271 e. The van der Waals surface area contributed by atoms with Crippen LogP contribution in [-0.4, -0.2) is 22.7 Å². The highest BCUT2D eigenvalue weighted by molar-refractivity contribution is 14.1. The van der Waals surface area contributed by atoms with Gasteiger partial charge in [-0.3, -0.25) is 14.2 Å². The molecule has 1 amide bonds. The van der Waals surface area contributed by atoms with Crippen molar-refractivity contribution in [2.24, 2.45) is 4.99 Å². The van der Waals surface area contributed by atoms with E-state index in [1.807, 2.05) is 66.7 Å². The maximum atomic E-state index is 13.8. The molecule has 192 valence electrons. The highest BCUT2D eigenvalue weighted by Gasteiger charge is 2.32. The zero-order valence-electron chi connectivity index (χ0n) is 20.2. The largest absolute Gasteiger partial charge is 0.506 e. The summed E-state index contributed by atoms with van der Waals surface area (Å²) in [6.45, 7) is 1.79. The van der Waals surface area contributed by atoms with Gasteiger partial charge in [-0.05, 0) is 106 Å². The van der Waals surface area contributed by atoms with Crippen molar-refractivity contribution in [2.75, 3.05) is 12.4 Å². The molecule has 7 nitrogen and oxygen atoms in total. The molecule has 1 aliphatic rings. The van der Waals surface area contributed by atoms with Gasteiger partial charge >= 0.3 is 0 Å². The predicted molar refractivity (Wildman–Crippen MR) is 165 cm³/mol. The molecular weight excluding hydrogens is 728 g/mol. The first kappa shape index (κ1) is 26.6. The Morgan fingerprint density at radius 1 is 1.11 bits per heavy atom. The minimum Gasteiger partial charge on any atom is -0.506 e. The number of thiazole rings is 1. The monoisotopic (exact) mass is 749 g/mol. The Morgan fingerprint density at radius 3 is 2.39 bits per heavy atom. The average Bonchev–Trinajstić information content (AvgIpc) is 3.21. The van der Waals surface area contributed by atoms with Gasteiger partial charge in [-0.15, -0.1) is 0 Å². The molecule has 0 spiro atoms. The SMILES string of the molecule is COc1ccc([C@H]2C(C(=O)Nc3ccccc3)=C(C)N=c3s/c(=C/c4cc(I)c(O)c(I)c4)c(=O)n32)cc1. The predicted octanol–water partition coefficient (Wildman–Crippen LogP) is 4.80. The van der Waals surface area contributed by atoms with Crippen LogP contribution < -0.4 is 24.9 Å². The molecule has 1 aromatic heterocycles. The number of benzene rings is 3. The second kappa shape index (κ2) is 11.0. The van der Waals surface area contributed by atoms with Crippen LogP contribution in [0.5, 0.6) is 11.5 Å². The highest BCUT2D eigenvalue weighted by atomic mass is 127. The number of aromatic hydroxyl groups is 1. The van der Waals surface area contributed by atoms with E-state index in [0.717, 1.165) is 11.1 Å². The number of halogens is 2. The fourth-order valence-electron chi connectivity index (χ4n) is 4.25. The van der Waals surface area contributed by atoms with Crippen molar-refractivity contribution in [2.45, 2.75) is 13.0 Å². The number of nitrogens with one attached hydrogen (secondary N) is 1. The topological polar surface area (TPSA) is 92.9 Å². The average molecular weight is 749 g/mol. The molecule has 0 saturated heterocycles. The zero-order chi connectivity index (χ0) is 27.0. The highest BCUT2D eigenvalue weighted by Crippen LogP contribution is 2.32. The Bertz CT molecular complexity index is 1740. The summed E-state index contributed by atoms with van der Waals surface area (Å²) in [5.74, 6) is 0.567. The Kier molecular flexibility index (Phi) is 7.73. The quantitative estimate of drug-likeness (QED) is 0.287. The number of methoxy groups -OCH3 is 1. The molecular formula is C28H21I2N3O4S. The summed E-state index contributed by atoms with van der Waals surface area (Å²) in [6, 6.07) is 19.5. The number of carbonyl (C=O) groups excluding carboxylic acids is 1. The minimum absolute atomic E-state index is 0.217. The number of hydrogen-bond donors (Lipinski definition) is 2. The van der Waals surface area contributed by atoms with Crippen LogP contribution in [0, 0.1) is 7.14 Å². The number of ether oxygens (including phenoxy) is 1. The first-order chi connectivity index (χ1) is 18.3. The summed E-state index contributed by atoms with van der Waals surface area (Å²) in [7, 11) is 1.59. The van der Waals surface area contributed by atoms with Crippen LogP contribution in [0.3, 0.4) is 0 Å². The maximum absolute atomic E-state index is 13.8. The number of anilines is 1. The van der Waals surface area contributed by atoms with Crippen molar-refractivity contribution in [3.63, 3.8) is 0 Å². The standard InChI is InChI=1S/C28H21I2N3O4S/c1-15-23(26(35)32-18-6-4-3-5-7-18)24(17-8-10-19(37-2)11-9-17)33-27(36)22(38-28(33)31-15)14-16-12-20(29)25(34)21(30)13-16/h3-14,24,34H,1-2H3,(H,32,35)/b22-14+/t24-/m0/s1. The fraction of sp³-hybridized carbons (Fsp3) is 0.107. The van der Waals surface area contributed by atoms with Gasteiger partial charge in [0.05, 0.1) is 36.1 Å². The first-order valence-electron chi connectivity index (χ1n) is 11.5. The molecule has 0 unspecified atom stereocenters. The third-order valence-corrected chi connectivity index (χ3v) is 8.69. The molecule has 1 atom stereocenters. The van der Waals surface area contributed by atoms with Crippen LogP contribution in [0.25, 0.3) is 6.08 Å². The molecule has 0 aliphatic carbocycles. The fourth-order valence-corrected chi connectivity index (χ4v) is 7.12. The molecule has 0 bridgehead atoms. The second-order valence-electron chi connectivity index (χ2n) is 8.51. The Morgan fingerprint density at radius 2 is 1.76 bits per heavy atom. The lowest BCUT2D eigenvalue weighted by molar-refractivity contribution is -0.113. The summed E-state index contributed by atoms with van der Waals surface area (Å²) in [4.78, 5) is 32.7. The van der Waals surface area contributed by atoms with Gasteiger partial charge in [-0.1, -0.05) is 41.7 Å². The Balaban J connectivity index is 1.68. The summed E-state index contributed by atoms with van der Waals surface area (Å²) in [5.41, 5.74) is 2.90. The van der Waals surface area contributed by atoms with Gasteiger partial charge in [0.2, 0.25) is 0 Å². The van der Waals surface area contributed by atoms with Crippen LogP contribution in [-0.2, 0) is 4.79 Å². The number of amides is 1. The lowest BCUT2D eigenvalue weighted by Gasteiger charge is -2.25. The summed E-state index contributed by atoms with van der Waals surface area (Å²) in [6.07, 6.45) is 1.79. The Hall–Kier alpha value is -2.97. The van der Waals surface area contributed by atoms with Crippen molar-refractivity contribution in [3.05, 3.63) is 116 Å². The molecule has 2 heterocycles. The number of allylic oxidation sites excluding steroid dienone is 1. The van der Waals surface area contributed by atoms with Gasteiger partial charge in [0.1, 0.15) is 11.5 Å². The van der Waals surface area contributed by atoms with Crippen molar-refractivity contribution in [1.82, 2.24) is 4.57 Å². The number of rotatable bonds is 5. The van der Waals surface area contributed by atoms with E-state index in [-0.39, 0.29) is 17.2 Å².